The highest BCUT2D eigenvalue weighted by molar-refractivity contribution is 9.10. The van der Waals surface area contributed by atoms with Gasteiger partial charge in [-0.2, -0.15) is 0 Å². The van der Waals surface area contributed by atoms with E-state index in [1.54, 1.807) is 7.11 Å². The van der Waals surface area contributed by atoms with Gasteiger partial charge >= 0.3 is 6.09 Å². The van der Waals surface area contributed by atoms with Gasteiger partial charge in [-0.25, -0.2) is 4.79 Å². The lowest BCUT2D eigenvalue weighted by Gasteiger charge is -2.16. The molecule has 0 bridgehead atoms. The molecule has 0 aliphatic rings. The predicted octanol–water partition coefficient (Wildman–Crippen LogP) is 5.67. The van der Waals surface area contributed by atoms with Gasteiger partial charge in [0.15, 0.2) is 0 Å². The van der Waals surface area contributed by atoms with Crippen LogP contribution in [0.4, 0.5) is 10.5 Å². The summed E-state index contributed by atoms with van der Waals surface area (Å²) in [6.45, 7) is 1.86. The van der Waals surface area contributed by atoms with Crippen molar-refractivity contribution in [2.45, 2.75) is 6.92 Å². The van der Waals surface area contributed by atoms with Crippen molar-refractivity contribution in [2.24, 2.45) is 0 Å². The third kappa shape index (κ3) is 4.28. The zero-order valence-corrected chi connectivity index (χ0v) is 16.8. The van der Waals surface area contributed by atoms with Crippen LogP contribution in [0.2, 0.25) is 0 Å². The predicted molar refractivity (Wildman–Crippen MR) is 110 cm³/mol. The van der Waals surface area contributed by atoms with Crippen LogP contribution in [0.25, 0.3) is 22.4 Å². The number of amides is 1. The van der Waals surface area contributed by atoms with Gasteiger partial charge in [0.2, 0.25) is 0 Å². The Balaban J connectivity index is 2.15. The molecule has 138 valence electrons. The average Bonchev–Trinajstić information content (AvgIpc) is 2.69. The van der Waals surface area contributed by atoms with Crippen LogP contribution in [0.15, 0.2) is 59.1 Å². The normalized spacial score (nSPS) is 10.4. The van der Waals surface area contributed by atoms with Gasteiger partial charge in [0.05, 0.1) is 31.3 Å². The second-order valence-corrected chi connectivity index (χ2v) is 6.78. The quantitative estimate of drug-likeness (QED) is 0.583. The van der Waals surface area contributed by atoms with Crippen molar-refractivity contribution in [1.29, 1.82) is 0 Å². The van der Waals surface area contributed by atoms with Gasteiger partial charge in [-0.05, 0) is 42.8 Å². The fourth-order valence-electron chi connectivity index (χ4n) is 2.75. The van der Waals surface area contributed by atoms with Crippen molar-refractivity contribution in [3.05, 3.63) is 64.8 Å². The van der Waals surface area contributed by atoms with Crippen LogP contribution in [-0.2, 0) is 4.74 Å². The molecular formula is C21H19BrN2O3. The Morgan fingerprint density at radius 2 is 1.63 bits per heavy atom. The number of anilines is 1. The molecule has 1 aromatic heterocycles. The van der Waals surface area contributed by atoms with Crippen LogP contribution in [0.5, 0.6) is 5.75 Å². The smallest absolute Gasteiger partial charge is 0.411 e. The van der Waals surface area contributed by atoms with Crippen LogP contribution in [0.1, 0.15) is 5.69 Å². The number of ether oxygens (including phenoxy) is 2. The summed E-state index contributed by atoms with van der Waals surface area (Å²) >= 11 is 3.45. The second-order valence-electron chi connectivity index (χ2n) is 5.87. The van der Waals surface area contributed by atoms with E-state index in [9.17, 15) is 4.79 Å². The number of aromatic nitrogens is 1. The number of carbonyl (C=O) groups excluding carboxylic acids is 1. The molecule has 2 aromatic carbocycles. The van der Waals surface area contributed by atoms with Gasteiger partial charge in [-0.1, -0.05) is 40.2 Å². The van der Waals surface area contributed by atoms with E-state index in [2.05, 4.69) is 26.2 Å². The Hall–Kier alpha value is -2.86. The number of carbonyl (C=O) groups is 1. The topological polar surface area (TPSA) is 60.5 Å². The fraction of sp³-hybridized carbons (Fsp3) is 0.143. The van der Waals surface area contributed by atoms with Gasteiger partial charge in [-0.3, -0.25) is 10.3 Å². The van der Waals surface area contributed by atoms with E-state index in [1.165, 1.54) is 7.11 Å². The van der Waals surface area contributed by atoms with E-state index in [4.69, 9.17) is 9.47 Å². The number of hydrogen-bond donors (Lipinski definition) is 1. The largest absolute Gasteiger partial charge is 0.497 e. The van der Waals surface area contributed by atoms with Crippen LogP contribution in [-0.4, -0.2) is 25.3 Å². The number of halogens is 1. The molecule has 1 amide bonds. The molecule has 6 heteroatoms. The summed E-state index contributed by atoms with van der Waals surface area (Å²) in [6.07, 6.45) is -0.536. The standard InChI is InChI=1S/C21H19BrN2O3/c1-13-20(24-21(25)27-3)18(14-6-10-17(26-2)11-7-14)12-19(23-13)15-4-8-16(22)9-5-15/h4-12H,1-3H3,(H,24,25). The molecule has 3 rings (SSSR count). The Morgan fingerprint density at radius 3 is 2.22 bits per heavy atom. The van der Waals surface area contributed by atoms with Crippen LogP contribution in [0, 0.1) is 6.92 Å². The summed E-state index contributed by atoms with van der Waals surface area (Å²) in [6, 6.07) is 17.6. The van der Waals surface area contributed by atoms with E-state index in [-0.39, 0.29) is 0 Å². The average molecular weight is 427 g/mol. The highest BCUT2D eigenvalue weighted by Crippen LogP contribution is 2.35. The minimum Gasteiger partial charge on any atom is -0.497 e. The molecule has 0 unspecified atom stereocenters. The molecule has 5 nitrogen and oxygen atoms in total. The lowest BCUT2D eigenvalue weighted by molar-refractivity contribution is 0.187. The maximum Gasteiger partial charge on any atom is 0.411 e. The Labute approximate surface area is 166 Å². The number of aryl methyl sites for hydroxylation is 1. The first kappa shape index (κ1) is 18.9. The number of pyridine rings is 1. The van der Waals surface area contributed by atoms with Crippen molar-refractivity contribution in [2.75, 3.05) is 19.5 Å². The first-order valence-corrected chi connectivity index (χ1v) is 9.08. The van der Waals surface area contributed by atoms with Crippen LogP contribution >= 0.6 is 15.9 Å². The molecule has 0 saturated heterocycles. The summed E-state index contributed by atoms with van der Waals surface area (Å²) in [4.78, 5) is 16.5. The molecule has 0 atom stereocenters. The molecule has 0 spiro atoms. The fourth-order valence-corrected chi connectivity index (χ4v) is 3.01. The molecule has 0 aliphatic carbocycles. The maximum atomic E-state index is 11.8. The number of nitrogens with one attached hydrogen (secondary N) is 1. The first-order valence-electron chi connectivity index (χ1n) is 8.29. The SMILES string of the molecule is COC(=O)Nc1c(-c2ccc(OC)cc2)cc(-c2ccc(Br)cc2)nc1C. The summed E-state index contributed by atoms with van der Waals surface area (Å²) in [5.74, 6) is 0.764. The minimum atomic E-state index is -0.536. The van der Waals surface area contributed by atoms with Crippen LogP contribution in [0.3, 0.4) is 0 Å². The van der Waals surface area contributed by atoms with Gasteiger partial charge in [0.25, 0.3) is 0 Å². The summed E-state index contributed by atoms with van der Waals surface area (Å²) in [5, 5.41) is 2.78. The van der Waals surface area contributed by atoms with Gasteiger partial charge in [-0.15, -0.1) is 0 Å². The van der Waals surface area contributed by atoms with E-state index in [0.29, 0.717) is 11.4 Å². The highest BCUT2D eigenvalue weighted by Gasteiger charge is 2.15. The van der Waals surface area contributed by atoms with Crippen molar-refractivity contribution in [3.8, 4) is 28.1 Å². The zero-order valence-electron chi connectivity index (χ0n) is 15.2. The van der Waals surface area contributed by atoms with Crippen molar-refractivity contribution >= 4 is 27.7 Å². The van der Waals surface area contributed by atoms with E-state index in [0.717, 1.165) is 32.6 Å². The molecular weight excluding hydrogens is 408 g/mol. The molecule has 1 N–H and O–H groups in total. The van der Waals surface area contributed by atoms with Crippen molar-refractivity contribution in [1.82, 2.24) is 4.98 Å². The number of methoxy groups -OCH3 is 2. The Bertz CT molecular complexity index is 954. The first-order chi connectivity index (χ1) is 13.0. The molecule has 0 aliphatic heterocycles. The Morgan fingerprint density at radius 1 is 1.00 bits per heavy atom. The molecule has 0 fully saturated rings. The number of benzene rings is 2. The van der Waals surface area contributed by atoms with Crippen molar-refractivity contribution in [3.63, 3.8) is 0 Å². The summed E-state index contributed by atoms with van der Waals surface area (Å²) in [5.41, 5.74) is 4.92. The number of nitrogens with zero attached hydrogens (tertiary/aromatic N) is 1. The lowest BCUT2D eigenvalue weighted by atomic mass is 10.00. The van der Waals surface area contributed by atoms with Gasteiger partial charge < -0.3 is 9.47 Å². The third-order valence-electron chi connectivity index (χ3n) is 4.15. The van der Waals surface area contributed by atoms with Crippen molar-refractivity contribution < 1.29 is 14.3 Å². The van der Waals surface area contributed by atoms with Gasteiger partial charge in [0, 0.05) is 15.6 Å². The number of rotatable bonds is 4. The number of hydrogen-bond acceptors (Lipinski definition) is 4. The van der Waals surface area contributed by atoms with Gasteiger partial charge in [0.1, 0.15) is 5.75 Å². The minimum absolute atomic E-state index is 0.536. The summed E-state index contributed by atoms with van der Waals surface area (Å²) in [7, 11) is 2.96. The molecule has 0 saturated carbocycles. The third-order valence-corrected chi connectivity index (χ3v) is 4.68. The van der Waals surface area contributed by atoms with E-state index in [1.807, 2.05) is 61.5 Å². The van der Waals surface area contributed by atoms with E-state index < -0.39 is 6.09 Å². The molecule has 1 heterocycles. The lowest BCUT2D eigenvalue weighted by Crippen LogP contribution is -2.13. The Kier molecular flexibility index (Phi) is 5.76. The van der Waals surface area contributed by atoms with Crippen LogP contribution < -0.4 is 10.1 Å². The maximum absolute atomic E-state index is 11.8. The molecule has 27 heavy (non-hydrogen) atoms. The monoisotopic (exact) mass is 426 g/mol. The molecule has 3 aromatic rings. The van der Waals surface area contributed by atoms with E-state index >= 15 is 0 Å². The molecule has 0 radical (unpaired) electrons. The summed E-state index contributed by atoms with van der Waals surface area (Å²) < 4.78 is 11.0. The zero-order chi connectivity index (χ0) is 19.4. The second kappa shape index (κ2) is 8.22. The highest BCUT2D eigenvalue weighted by atomic mass is 79.9.